The van der Waals surface area contributed by atoms with Crippen molar-refractivity contribution >= 4 is 15.7 Å². The van der Waals surface area contributed by atoms with E-state index in [4.69, 9.17) is 0 Å². The van der Waals surface area contributed by atoms with Gasteiger partial charge in [-0.3, -0.25) is 4.79 Å². The molecule has 0 saturated carbocycles. The van der Waals surface area contributed by atoms with Gasteiger partial charge in [-0.1, -0.05) is 0 Å². The summed E-state index contributed by atoms with van der Waals surface area (Å²) in [5.74, 6) is 0.127. The number of nitrogens with zero attached hydrogens (tertiary/aromatic N) is 1. The second kappa shape index (κ2) is 3.43. The van der Waals surface area contributed by atoms with Crippen LogP contribution in [0.5, 0.6) is 0 Å². The van der Waals surface area contributed by atoms with Crippen molar-refractivity contribution in [2.75, 3.05) is 24.6 Å². The maximum Gasteiger partial charge on any atom is 0.222 e. The van der Waals surface area contributed by atoms with E-state index in [1.54, 1.807) is 4.90 Å². The van der Waals surface area contributed by atoms with Crippen molar-refractivity contribution in [3.05, 3.63) is 6.92 Å². The van der Waals surface area contributed by atoms with Crippen molar-refractivity contribution in [3.8, 4) is 0 Å². The lowest BCUT2D eigenvalue weighted by atomic mass is 10.4. The summed E-state index contributed by atoms with van der Waals surface area (Å²) in [4.78, 5) is 12.6. The first-order chi connectivity index (χ1) is 5.55. The Balaban J connectivity index is 2.52. The van der Waals surface area contributed by atoms with E-state index < -0.39 is 9.84 Å². The van der Waals surface area contributed by atoms with Crippen LogP contribution < -0.4 is 0 Å². The lowest BCUT2D eigenvalue weighted by Crippen LogP contribution is -2.43. The zero-order chi connectivity index (χ0) is 9.19. The summed E-state index contributed by atoms with van der Waals surface area (Å²) >= 11 is 0. The third-order valence-corrected chi connectivity index (χ3v) is 3.52. The van der Waals surface area contributed by atoms with Gasteiger partial charge in [-0.05, 0) is 6.92 Å². The number of carbonyl (C=O) groups is 1. The van der Waals surface area contributed by atoms with Crippen LogP contribution in [-0.4, -0.2) is 43.8 Å². The molecule has 0 atom stereocenters. The van der Waals surface area contributed by atoms with Crippen LogP contribution in [0.1, 0.15) is 6.42 Å². The molecule has 1 rings (SSSR count). The molecule has 1 heterocycles. The first-order valence-corrected chi connectivity index (χ1v) is 5.65. The largest absolute Gasteiger partial charge is 0.341 e. The third kappa shape index (κ3) is 2.20. The van der Waals surface area contributed by atoms with Gasteiger partial charge in [0.1, 0.15) is 0 Å². The van der Waals surface area contributed by atoms with Gasteiger partial charge in [-0.25, -0.2) is 8.42 Å². The topological polar surface area (TPSA) is 54.5 Å². The van der Waals surface area contributed by atoms with E-state index in [0.717, 1.165) is 0 Å². The zero-order valence-electron chi connectivity index (χ0n) is 6.82. The maximum atomic E-state index is 11.0. The van der Waals surface area contributed by atoms with Gasteiger partial charge < -0.3 is 4.90 Å². The maximum absolute atomic E-state index is 11.0. The molecule has 0 bridgehead atoms. The van der Waals surface area contributed by atoms with Gasteiger partial charge in [0.25, 0.3) is 0 Å². The first-order valence-electron chi connectivity index (χ1n) is 3.82. The number of amides is 1. The van der Waals surface area contributed by atoms with E-state index in [1.807, 2.05) is 0 Å². The van der Waals surface area contributed by atoms with Crippen LogP contribution >= 0.6 is 0 Å². The van der Waals surface area contributed by atoms with Gasteiger partial charge in [-0.2, -0.15) is 0 Å². The van der Waals surface area contributed by atoms with Crippen LogP contribution in [0, 0.1) is 6.92 Å². The second-order valence-corrected chi connectivity index (χ2v) is 5.09. The molecule has 0 unspecified atom stereocenters. The van der Waals surface area contributed by atoms with E-state index >= 15 is 0 Å². The highest BCUT2D eigenvalue weighted by Gasteiger charge is 2.23. The Hall–Kier alpha value is -0.580. The first kappa shape index (κ1) is 9.51. The quantitative estimate of drug-likeness (QED) is 0.558. The number of rotatable bonds is 1. The predicted octanol–water partition coefficient (Wildman–Crippen LogP) is -0.532. The minimum Gasteiger partial charge on any atom is -0.341 e. The summed E-state index contributed by atoms with van der Waals surface area (Å²) < 4.78 is 21.9. The minimum absolute atomic E-state index is 0.0649. The fraction of sp³-hybridized carbons (Fsp3) is 0.714. The Morgan fingerprint density at radius 1 is 1.33 bits per heavy atom. The van der Waals surface area contributed by atoms with Gasteiger partial charge in [0.05, 0.1) is 11.5 Å². The molecule has 1 aliphatic heterocycles. The molecule has 1 amide bonds. The van der Waals surface area contributed by atoms with E-state index in [1.165, 1.54) is 0 Å². The average Bonchev–Trinajstić information content (AvgIpc) is 2.03. The normalized spacial score (nSPS) is 22.2. The van der Waals surface area contributed by atoms with Crippen LogP contribution in [0.3, 0.4) is 0 Å². The molecule has 69 valence electrons. The summed E-state index contributed by atoms with van der Waals surface area (Å²) in [7, 11) is -2.87. The second-order valence-electron chi connectivity index (χ2n) is 2.78. The van der Waals surface area contributed by atoms with Gasteiger partial charge in [0.15, 0.2) is 9.84 Å². The highest BCUT2D eigenvalue weighted by atomic mass is 32.2. The minimum atomic E-state index is -2.87. The molecule has 0 aliphatic carbocycles. The standard InChI is InChI=1S/C7H12NO3S/c1-2-7(9)8-3-5-12(10,11)6-4-8/h1-6H2. The highest BCUT2D eigenvalue weighted by molar-refractivity contribution is 7.91. The summed E-state index contributed by atoms with van der Waals surface area (Å²) in [5, 5.41) is 0. The fourth-order valence-corrected chi connectivity index (χ4v) is 2.32. The third-order valence-electron chi connectivity index (χ3n) is 1.91. The Morgan fingerprint density at radius 2 is 1.83 bits per heavy atom. The van der Waals surface area contributed by atoms with Crippen LogP contribution in [0.2, 0.25) is 0 Å². The van der Waals surface area contributed by atoms with Crippen molar-refractivity contribution in [1.82, 2.24) is 4.90 Å². The van der Waals surface area contributed by atoms with Crippen LogP contribution in [0.4, 0.5) is 0 Å². The van der Waals surface area contributed by atoms with Crippen LogP contribution in [0.15, 0.2) is 0 Å². The molecule has 0 N–H and O–H groups in total. The van der Waals surface area contributed by atoms with Crippen molar-refractivity contribution < 1.29 is 13.2 Å². The molecule has 1 fully saturated rings. The van der Waals surface area contributed by atoms with Crippen molar-refractivity contribution in [1.29, 1.82) is 0 Å². The highest BCUT2D eigenvalue weighted by Crippen LogP contribution is 2.04. The molecule has 0 aromatic heterocycles. The zero-order valence-corrected chi connectivity index (χ0v) is 7.64. The fourth-order valence-electron chi connectivity index (χ4n) is 1.12. The SMILES string of the molecule is [CH2]CC(=O)N1CCS(=O)(=O)CC1. The van der Waals surface area contributed by atoms with Crippen LogP contribution in [0.25, 0.3) is 0 Å². The molecule has 0 spiro atoms. The Morgan fingerprint density at radius 3 is 2.25 bits per heavy atom. The summed E-state index contributed by atoms with van der Waals surface area (Å²) in [6.07, 6.45) is 0.208. The lowest BCUT2D eigenvalue weighted by molar-refractivity contribution is -0.129. The van der Waals surface area contributed by atoms with Crippen molar-refractivity contribution in [2.24, 2.45) is 0 Å². The molecule has 5 heteroatoms. The Bertz CT molecular complexity index is 256. The molecular weight excluding hydrogens is 178 g/mol. The van der Waals surface area contributed by atoms with Crippen molar-refractivity contribution in [3.63, 3.8) is 0 Å². The predicted molar refractivity (Wildman–Crippen MR) is 45.2 cm³/mol. The number of hydrogen-bond donors (Lipinski definition) is 0. The van der Waals surface area contributed by atoms with E-state index in [2.05, 4.69) is 6.92 Å². The summed E-state index contributed by atoms with van der Waals surface area (Å²) in [6.45, 7) is 4.12. The van der Waals surface area contributed by atoms with E-state index in [0.29, 0.717) is 13.1 Å². The monoisotopic (exact) mass is 190 g/mol. The molecule has 12 heavy (non-hydrogen) atoms. The van der Waals surface area contributed by atoms with Crippen molar-refractivity contribution in [2.45, 2.75) is 6.42 Å². The van der Waals surface area contributed by atoms with E-state index in [9.17, 15) is 13.2 Å². The van der Waals surface area contributed by atoms with Gasteiger partial charge in [0, 0.05) is 19.5 Å². The van der Waals surface area contributed by atoms with E-state index in [-0.39, 0.29) is 23.8 Å². The molecule has 0 aromatic carbocycles. The molecule has 4 nitrogen and oxygen atoms in total. The molecular formula is C7H12NO3S. The lowest BCUT2D eigenvalue weighted by Gasteiger charge is -2.26. The smallest absolute Gasteiger partial charge is 0.222 e. The average molecular weight is 190 g/mol. The van der Waals surface area contributed by atoms with Gasteiger partial charge in [-0.15, -0.1) is 0 Å². The Kier molecular flexibility index (Phi) is 2.72. The summed E-state index contributed by atoms with van der Waals surface area (Å²) in [6, 6.07) is 0. The van der Waals surface area contributed by atoms with Crippen LogP contribution in [-0.2, 0) is 14.6 Å². The Labute approximate surface area is 72.5 Å². The molecule has 1 aliphatic rings. The summed E-state index contributed by atoms with van der Waals surface area (Å²) in [5.41, 5.74) is 0. The molecule has 1 radical (unpaired) electrons. The number of carbonyl (C=O) groups excluding carboxylic acids is 1. The number of sulfone groups is 1. The molecule has 0 aromatic rings. The van der Waals surface area contributed by atoms with Gasteiger partial charge in [0.2, 0.25) is 5.91 Å². The van der Waals surface area contributed by atoms with Gasteiger partial charge >= 0.3 is 0 Å². The number of hydrogen-bond acceptors (Lipinski definition) is 3. The molecule has 1 saturated heterocycles.